The average molecular weight is 278 g/mol. The van der Waals surface area contributed by atoms with E-state index in [4.69, 9.17) is 4.74 Å². The Labute approximate surface area is 114 Å². The van der Waals surface area contributed by atoms with Crippen molar-refractivity contribution in [2.24, 2.45) is 0 Å². The van der Waals surface area contributed by atoms with Crippen molar-refractivity contribution in [2.45, 2.75) is 19.0 Å². The van der Waals surface area contributed by atoms with Gasteiger partial charge < -0.3 is 14.7 Å². The van der Waals surface area contributed by atoms with Crippen LogP contribution in [0, 0.1) is 0 Å². The summed E-state index contributed by atoms with van der Waals surface area (Å²) in [5, 5.41) is 20.4. The molecule has 2 bridgehead atoms. The maximum atomic E-state index is 12.1. The zero-order valence-electron chi connectivity index (χ0n) is 10.8. The van der Waals surface area contributed by atoms with Crippen LogP contribution >= 0.6 is 0 Å². The van der Waals surface area contributed by atoms with Gasteiger partial charge in [-0.25, -0.2) is 9.59 Å². The Kier molecular flexibility index (Phi) is 2.79. The zero-order valence-corrected chi connectivity index (χ0v) is 10.8. The molecule has 0 aromatic heterocycles. The van der Waals surface area contributed by atoms with Crippen LogP contribution in [0.25, 0.3) is 0 Å². The molecule has 1 saturated heterocycles. The van der Waals surface area contributed by atoms with E-state index >= 15 is 0 Å². The zero-order chi connectivity index (χ0) is 14.4. The van der Waals surface area contributed by atoms with E-state index in [1.54, 1.807) is 19.1 Å². The summed E-state index contributed by atoms with van der Waals surface area (Å²) in [6.07, 6.45) is 0. The fourth-order valence-electron chi connectivity index (χ4n) is 2.85. The van der Waals surface area contributed by atoms with Crippen molar-refractivity contribution < 1.29 is 24.6 Å². The predicted molar refractivity (Wildman–Crippen MR) is 65.9 cm³/mol. The molecule has 0 aliphatic carbocycles. The predicted octanol–water partition coefficient (Wildman–Crippen LogP) is 1.18. The SMILES string of the molecule is CCOC(=O)C1c2cccc(O)c2[C@H]2CN1C(=O)N2O. The molecule has 1 aromatic rings. The minimum atomic E-state index is -0.932. The van der Waals surface area contributed by atoms with E-state index in [0.717, 1.165) is 0 Å². The van der Waals surface area contributed by atoms with Gasteiger partial charge in [0.2, 0.25) is 0 Å². The van der Waals surface area contributed by atoms with Crippen LogP contribution in [0.15, 0.2) is 18.2 Å². The van der Waals surface area contributed by atoms with E-state index in [-0.39, 0.29) is 18.9 Å². The van der Waals surface area contributed by atoms with Gasteiger partial charge in [-0.1, -0.05) is 12.1 Å². The lowest BCUT2D eigenvalue weighted by atomic mass is 9.90. The molecule has 106 valence electrons. The summed E-state index contributed by atoms with van der Waals surface area (Å²) in [5.74, 6) is -0.614. The van der Waals surface area contributed by atoms with Gasteiger partial charge in [0.05, 0.1) is 13.2 Å². The van der Waals surface area contributed by atoms with Gasteiger partial charge in [0.15, 0.2) is 6.04 Å². The second kappa shape index (κ2) is 4.38. The summed E-state index contributed by atoms with van der Waals surface area (Å²) in [5.41, 5.74) is 0.889. The molecule has 20 heavy (non-hydrogen) atoms. The van der Waals surface area contributed by atoms with Gasteiger partial charge in [-0.3, -0.25) is 5.21 Å². The fourth-order valence-corrected chi connectivity index (χ4v) is 2.85. The van der Waals surface area contributed by atoms with Gasteiger partial charge >= 0.3 is 12.0 Å². The number of rotatable bonds is 2. The third-order valence-electron chi connectivity index (χ3n) is 3.67. The molecular formula is C13H14N2O5. The number of carbonyl (C=O) groups is 2. The Morgan fingerprint density at radius 3 is 2.95 bits per heavy atom. The summed E-state index contributed by atoms with van der Waals surface area (Å²) in [7, 11) is 0. The molecule has 2 aliphatic rings. The molecule has 7 heteroatoms. The number of benzene rings is 1. The average Bonchev–Trinajstić information content (AvgIpc) is 2.66. The minimum absolute atomic E-state index is 0.0461. The molecule has 1 fully saturated rings. The second-order valence-corrected chi connectivity index (χ2v) is 4.73. The Morgan fingerprint density at radius 1 is 1.50 bits per heavy atom. The van der Waals surface area contributed by atoms with Crippen molar-refractivity contribution in [1.82, 2.24) is 9.96 Å². The monoisotopic (exact) mass is 278 g/mol. The Hall–Kier alpha value is -2.28. The van der Waals surface area contributed by atoms with Crippen molar-refractivity contribution in [1.29, 1.82) is 0 Å². The molecule has 0 saturated carbocycles. The van der Waals surface area contributed by atoms with Gasteiger partial charge in [-0.05, 0) is 18.6 Å². The molecule has 2 heterocycles. The number of hydroxylamine groups is 2. The van der Waals surface area contributed by atoms with Crippen LogP contribution in [0.5, 0.6) is 5.75 Å². The number of phenolic OH excluding ortho intramolecular Hbond substituents is 1. The smallest absolute Gasteiger partial charge is 0.345 e. The first-order valence-corrected chi connectivity index (χ1v) is 6.33. The molecule has 2 aliphatic heterocycles. The first kappa shape index (κ1) is 12.7. The molecule has 2 atom stereocenters. The Balaban J connectivity index is 2.15. The van der Waals surface area contributed by atoms with Crippen molar-refractivity contribution >= 4 is 12.0 Å². The lowest BCUT2D eigenvalue weighted by molar-refractivity contribution is -0.148. The first-order chi connectivity index (χ1) is 9.56. The molecule has 1 unspecified atom stereocenters. The van der Waals surface area contributed by atoms with E-state index in [2.05, 4.69) is 0 Å². The van der Waals surface area contributed by atoms with E-state index in [0.29, 0.717) is 16.2 Å². The summed E-state index contributed by atoms with van der Waals surface area (Å²) < 4.78 is 5.00. The van der Waals surface area contributed by atoms with Gasteiger partial charge in [0.1, 0.15) is 11.8 Å². The second-order valence-electron chi connectivity index (χ2n) is 4.73. The highest BCUT2D eigenvalue weighted by molar-refractivity contribution is 5.88. The highest BCUT2D eigenvalue weighted by Gasteiger charge is 2.51. The van der Waals surface area contributed by atoms with E-state index in [9.17, 15) is 19.9 Å². The number of hydrogen-bond acceptors (Lipinski definition) is 5. The van der Waals surface area contributed by atoms with Gasteiger partial charge in [0, 0.05) is 5.56 Å². The molecule has 2 amide bonds. The molecule has 2 N–H and O–H groups in total. The van der Waals surface area contributed by atoms with Crippen molar-refractivity contribution in [3.8, 4) is 5.75 Å². The molecule has 1 aromatic carbocycles. The topological polar surface area (TPSA) is 90.3 Å². The number of carbonyl (C=O) groups excluding carboxylic acids is 2. The maximum Gasteiger partial charge on any atom is 0.345 e. The molecule has 0 radical (unpaired) electrons. The van der Waals surface area contributed by atoms with Crippen LogP contribution in [0.4, 0.5) is 4.79 Å². The van der Waals surface area contributed by atoms with Gasteiger partial charge in [-0.2, -0.15) is 5.06 Å². The van der Waals surface area contributed by atoms with Crippen LogP contribution in [0.1, 0.15) is 30.1 Å². The number of aromatic hydroxyl groups is 1. The number of fused-ring (bicyclic) bond motifs is 4. The van der Waals surface area contributed by atoms with E-state index < -0.39 is 24.1 Å². The summed E-state index contributed by atoms with van der Waals surface area (Å²) in [6.45, 7) is 2.01. The largest absolute Gasteiger partial charge is 0.508 e. The maximum absolute atomic E-state index is 12.1. The number of amides is 2. The Bertz CT molecular complexity index is 588. The number of hydrogen-bond donors (Lipinski definition) is 2. The lowest BCUT2D eigenvalue weighted by Gasteiger charge is -2.31. The van der Waals surface area contributed by atoms with Gasteiger partial charge in [0.25, 0.3) is 0 Å². The first-order valence-electron chi connectivity index (χ1n) is 6.33. The molecule has 0 spiro atoms. The number of urea groups is 1. The Morgan fingerprint density at radius 2 is 2.25 bits per heavy atom. The highest BCUT2D eigenvalue weighted by atomic mass is 16.5. The van der Waals surface area contributed by atoms with Crippen LogP contribution in [0.3, 0.4) is 0 Å². The third-order valence-corrected chi connectivity index (χ3v) is 3.67. The lowest BCUT2D eigenvalue weighted by Crippen LogP contribution is -2.39. The van der Waals surface area contributed by atoms with Crippen LogP contribution in [-0.2, 0) is 9.53 Å². The normalized spacial score (nSPS) is 23.8. The van der Waals surface area contributed by atoms with Gasteiger partial charge in [-0.15, -0.1) is 0 Å². The third kappa shape index (κ3) is 1.56. The number of phenols is 1. The van der Waals surface area contributed by atoms with Crippen LogP contribution in [0.2, 0.25) is 0 Å². The van der Waals surface area contributed by atoms with Crippen molar-refractivity contribution in [3.05, 3.63) is 29.3 Å². The molecule has 7 nitrogen and oxygen atoms in total. The van der Waals surface area contributed by atoms with Crippen LogP contribution in [-0.4, -0.2) is 45.4 Å². The minimum Gasteiger partial charge on any atom is -0.508 e. The number of ether oxygens (including phenoxy) is 1. The van der Waals surface area contributed by atoms with Crippen molar-refractivity contribution in [3.63, 3.8) is 0 Å². The number of nitrogens with zero attached hydrogens (tertiary/aromatic N) is 2. The summed E-state index contributed by atoms with van der Waals surface area (Å²) >= 11 is 0. The molecule has 3 rings (SSSR count). The summed E-state index contributed by atoms with van der Waals surface area (Å²) in [6, 6.07) is 2.46. The number of esters is 1. The standard InChI is InChI=1S/C13H14N2O5/c1-2-20-12(17)11-7-4-3-5-9(16)10(7)8-6-14(11)13(18)15(8)19/h3-5,8,11,16,19H,2,6H2,1H3/t8-,11?/m1/s1. The fraction of sp³-hybridized carbons (Fsp3) is 0.385. The molecular weight excluding hydrogens is 264 g/mol. The van der Waals surface area contributed by atoms with Crippen molar-refractivity contribution in [2.75, 3.05) is 13.2 Å². The summed E-state index contributed by atoms with van der Waals surface area (Å²) in [4.78, 5) is 25.4. The quantitative estimate of drug-likeness (QED) is 0.626. The van der Waals surface area contributed by atoms with Crippen LogP contribution < -0.4 is 0 Å². The van der Waals surface area contributed by atoms with E-state index in [1.807, 2.05) is 0 Å². The van der Waals surface area contributed by atoms with E-state index in [1.165, 1.54) is 11.0 Å². The highest BCUT2D eigenvalue weighted by Crippen LogP contribution is 2.46.